The maximum Gasteiger partial charge on any atom is 0.325 e. The molecule has 4 heterocycles. The molecule has 2 aromatic heterocycles. The van der Waals surface area contributed by atoms with Crippen LogP contribution in [-0.4, -0.2) is 57.5 Å². The van der Waals surface area contributed by atoms with Gasteiger partial charge in [0, 0.05) is 18.5 Å². The fourth-order valence-corrected chi connectivity index (χ4v) is 4.94. The molecule has 2 aliphatic heterocycles. The van der Waals surface area contributed by atoms with E-state index in [1.165, 1.54) is 16.2 Å². The quantitative estimate of drug-likeness (QED) is 0.516. The van der Waals surface area contributed by atoms with E-state index in [0.29, 0.717) is 36.6 Å². The second-order valence-electron chi connectivity index (χ2n) is 8.11. The predicted octanol–water partition coefficient (Wildman–Crippen LogP) is 2.77. The highest BCUT2D eigenvalue weighted by Gasteiger charge is 2.55. The molecule has 34 heavy (non-hydrogen) atoms. The summed E-state index contributed by atoms with van der Waals surface area (Å²) in [6.07, 6.45) is 0.984. The minimum Gasteiger partial charge on any atom is -0.493 e. The Kier molecular flexibility index (Phi) is 5.78. The molecule has 1 aromatic carbocycles. The molecule has 3 aromatic rings. The summed E-state index contributed by atoms with van der Waals surface area (Å²) in [6.45, 7) is 2.36. The zero-order valence-electron chi connectivity index (χ0n) is 18.5. The number of thiophene rings is 1. The zero-order chi connectivity index (χ0) is 23.7. The number of urea groups is 1. The molecule has 0 aliphatic carbocycles. The molecule has 0 bridgehead atoms. The highest BCUT2D eigenvalue weighted by molar-refractivity contribution is 7.13. The van der Waals surface area contributed by atoms with Gasteiger partial charge in [0.2, 0.25) is 11.8 Å². The van der Waals surface area contributed by atoms with Gasteiger partial charge in [-0.15, -0.1) is 21.5 Å². The number of aromatic nitrogens is 2. The van der Waals surface area contributed by atoms with E-state index in [1.807, 2.05) is 30.5 Å². The second kappa shape index (κ2) is 8.90. The molecular formula is C23H23N5O5S. The lowest BCUT2D eigenvalue weighted by Gasteiger charge is -2.33. The lowest BCUT2D eigenvalue weighted by atomic mass is 9.84. The van der Waals surface area contributed by atoms with Crippen molar-refractivity contribution in [3.05, 3.63) is 53.2 Å². The predicted molar refractivity (Wildman–Crippen MR) is 122 cm³/mol. The van der Waals surface area contributed by atoms with Crippen LogP contribution in [0.5, 0.6) is 5.75 Å². The molecule has 176 valence electrons. The number of nitrogens with one attached hydrogen (secondary N) is 1. The largest absolute Gasteiger partial charge is 0.493 e. The average molecular weight is 482 g/mol. The van der Waals surface area contributed by atoms with Crippen molar-refractivity contribution >= 4 is 29.2 Å². The van der Waals surface area contributed by atoms with Crippen LogP contribution in [0.15, 0.2) is 46.2 Å². The first-order valence-corrected chi connectivity index (χ1v) is 11.9. The highest BCUT2D eigenvalue weighted by Crippen LogP contribution is 2.40. The number of imide groups is 1. The summed E-state index contributed by atoms with van der Waals surface area (Å²) in [5.74, 6) is 0.413. The van der Waals surface area contributed by atoms with Crippen molar-refractivity contribution < 1.29 is 23.5 Å². The van der Waals surface area contributed by atoms with Crippen molar-refractivity contribution in [1.82, 2.24) is 25.3 Å². The van der Waals surface area contributed by atoms with Crippen LogP contribution in [0.2, 0.25) is 0 Å². The molecule has 1 N–H and O–H groups in total. The summed E-state index contributed by atoms with van der Waals surface area (Å²) in [5.41, 5.74) is -0.615. The molecule has 1 spiro atoms. The number of ether oxygens (including phenoxy) is 1. The molecule has 10 nitrogen and oxygen atoms in total. The number of carbonyl (C=O) groups excluding carboxylic acids is 3. The van der Waals surface area contributed by atoms with Gasteiger partial charge in [-0.2, -0.15) is 0 Å². The van der Waals surface area contributed by atoms with Gasteiger partial charge >= 0.3 is 6.03 Å². The number of carbonyl (C=O) groups is 3. The van der Waals surface area contributed by atoms with Crippen LogP contribution in [0.4, 0.5) is 4.79 Å². The van der Waals surface area contributed by atoms with E-state index in [2.05, 4.69) is 15.5 Å². The van der Waals surface area contributed by atoms with Gasteiger partial charge in [0.05, 0.1) is 18.0 Å². The van der Waals surface area contributed by atoms with Crippen molar-refractivity contribution in [2.75, 3.05) is 19.7 Å². The van der Waals surface area contributed by atoms with E-state index in [9.17, 15) is 14.4 Å². The van der Waals surface area contributed by atoms with E-state index in [0.717, 1.165) is 9.78 Å². The van der Waals surface area contributed by atoms with Crippen LogP contribution < -0.4 is 10.1 Å². The molecule has 0 radical (unpaired) electrons. The van der Waals surface area contributed by atoms with Gasteiger partial charge in [0.1, 0.15) is 12.3 Å². The van der Waals surface area contributed by atoms with Gasteiger partial charge in [0.15, 0.2) is 5.54 Å². The Hall–Kier alpha value is -3.73. The van der Waals surface area contributed by atoms with Gasteiger partial charge in [-0.3, -0.25) is 14.5 Å². The van der Waals surface area contributed by atoms with E-state index < -0.39 is 17.5 Å². The van der Waals surface area contributed by atoms with Crippen molar-refractivity contribution in [3.63, 3.8) is 0 Å². The number of nitrogens with zero attached hydrogens (tertiary/aromatic N) is 4. The standard InChI is InChI=1S/C23H23N5O5S/c1-2-10-27(13-18-25-26-20(33-18)17-8-5-12-34-17)19(29)14-28-21(30)23(24-22(28)31)9-11-32-16-7-4-3-6-15(16)23/h3-8,12H,2,9-11,13-14H2,1H3,(H,24,31). The van der Waals surface area contributed by atoms with E-state index in [1.54, 1.807) is 18.2 Å². The Morgan fingerprint density at radius 1 is 1.24 bits per heavy atom. The fourth-order valence-electron chi connectivity index (χ4n) is 4.29. The molecule has 1 atom stereocenters. The van der Waals surface area contributed by atoms with Gasteiger partial charge in [-0.1, -0.05) is 31.2 Å². The first kappa shape index (κ1) is 22.1. The van der Waals surface area contributed by atoms with Gasteiger partial charge in [-0.05, 0) is 23.9 Å². The smallest absolute Gasteiger partial charge is 0.325 e. The van der Waals surface area contributed by atoms with Crippen LogP contribution in [0.25, 0.3) is 10.8 Å². The van der Waals surface area contributed by atoms with E-state index in [-0.39, 0.29) is 31.5 Å². The lowest BCUT2D eigenvalue weighted by Crippen LogP contribution is -2.48. The number of rotatable bonds is 7. The van der Waals surface area contributed by atoms with Gasteiger partial charge in [0.25, 0.3) is 11.8 Å². The number of benzene rings is 1. The van der Waals surface area contributed by atoms with Gasteiger partial charge < -0.3 is 19.4 Å². The third-order valence-electron chi connectivity index (χ3n) is 5.92. The Morgan fingerprint density at radius 2 is 2.09 bits per heavy atom. The Morgan fingerprint density at radius 3 is 2.88 bits per heavy atom. The van der Waals surface area contributed by atoms with Crippen LogP contribution >= 0.6 is 11.3 Å². The van der Waals surface area contributed by atoms with Crippen molar-refractivity contribution in [3.8, 4) is 16.5 Å². The number of para-hydroxylation sites is 1. The topological polar surface area (TPSA) is 118 Å². The molecule has 1 saturated heterocycles. The normalized spacial score (nSPS) is 19.1. The third kappa shape index (κ3) is 3.81. The minimum absolute atomic E-state index is 0.0938. The summed E-state index contributed by atoms with van der Waals surface area (Å²) < 4.78 is 11.4. The summed E-state index contributed by atoms with van der Waals surface area (Å²) in [4.78, 5) is 42.8. The molecule has 0 saturated carbocycles. The third-order valence-corrected chi connectivity index (χ3v) is 6.78. The molecule has 1 unspecified atom stereocenters. The first-order chi connectivity index (χ1) is 16.5. The average Bonchev–Trinajstić information content (AvgIpc) is 3.57. The molecule has 5 rings (SSSR count). The second-order valence-corrected chi connectivity index (χ2v) is 9.06. The number of hydrogen-bond donors (Lipinski definition) is 1. The maximum atomic E-state index is 13.4. The first-order valence-electron chi connectivity index (χ1n) is 11.0. The summed E-state index contributed by atoms with van der Waals surface area (Å²) in [7, 11) is 0. The monoisotopic (exact) mass is 481 g/mol. The Balaban J connectivity index is 1.32. The Labute approximate surface area is 199 Å². The maximum absolute atomic E-state index is 13.4. The van der Waals surface area contributed by atoms with Crippen molar-refractivity contribution in [2.45, 2.75) is 31.8 Å². The van der Waals surface area contributed by atoms with Crippen molar-refractivity contribution in [2.24, 2.45) is 0 Å². The highest BCUT2D eigenvalue weighted by atomic mass is 32.1. The van der Waals surface area contributed by atoms with Crippen molar-refractivity contribution in [1.29, 1.82) is 0 Å². The van der Waals surface area contributed by atoms with Crippen LogP contribution in [0, 0.1) is 0 Å². The summed E-state index contributed by atoms with van der Waals surface area (Å²) >= 11 is 1.48. The summed E-state index contributed by atoms with van der Waals surface area (Å²) in [6, 6.07) is 10.3. The zero-order valence-corrected chi connectivity index (χ0v) is 19.3. The lowest BCUT2D eigenvalue weighted by molar-refractivity contribution is -0.140. The van der Waals surface area contributed by atoms with Crippen LogP contribution in [0.3, 0.4) is 0 Å². The van der Waals surface area contributed by atoms with Crippen LogP contribution in [-0.2, 0) is 21.7 Å². The SMILES string of the molecule is CCCN(Cc1nnc(-c2cccs2)o1)C(=O)CN1C(=O)NC2(CCOc3ccccc32)C1=O. The molecule has 2 aliphatic rings. The number of hydrogen-bond acceptors (Lipinski definition) is 8. The number of fused-ring (bicyclic) bond motifs is 2. The van der Waals surface area contributed by atoms with Crippen LogP contribution in [0.1, 0.15) is 31.2 Å². The minimum atomic E-state index is -1.22. The molecule has 4 amide bonds. The van der Waals surface area contributed by atoms with Gasteiger partial charge in [-0.25, -0.2) is 4.79 Å². The fraction of sp³-hybridized carbons (Fsp3) is 0.348. The summed E-state index contributed by atoms with van der Waals surface area (Å²) in [5, 5.41) is 12.8. The number of amides is 4. The van der Waals surface area contributed by atoms with E-state index >= 15 is 0 Å². The Bertz CT molecular complexity index is 1230. The van der Waals surface area contributed by atoms with E-state index in [4.69, 9.17) is 9.15 Å². The molecule has 11 heteroatoms. The molecular weight excluding hydrogens is 458 g/mol. The molecule has 1 fully saturated rings.